The molecule has 1 aliphatic carbocycles. The van der Waals surface area contributed by atoms with E-state index in [1.165, 1.54) is 55.8 Å². The first-order valence-corrected chi connectivity index (χ1v) is 9.90. The van der Waals surface area contributed by atoms with Crippen molar-refractivity contribution in [1.82, 2.24) is 0 Å². The van der Waals surface area contributed by atoms with Crippen molar-refractivity contribution >= 4 is 0 Å². The minimum Gasteiger partial charge on any atom is -0.201 e. The van der Waals surface area contributed by atoms with Crippen LogP contribution in [0.1, 0.15) is 22.3 Å². The molecular formula is C27H24N+. The maximum Gasteiger partial charge on any atom is 0.212 e. The molecule has 0 aliphatic heterocycles. The number of hydrogen-bond acceptors (Lipinski definition) is 0. The van der Waals surface area contributed by atoms with Crippen molar-refractivity contribution in [1.29, 1.82) is 0 Å². The number of pyridine rings is 1. The van der Waals surface area contributed by atoms with Crippen molar-refractivity contribution in [3.05, 3.63) is 101 Å². The Morgan fingerprint density at radius 2 is 1.50 bits per heavy atom. The van der Waals surface area contributed by atoms with Crippen LogP contribution in [-0.2, 0) is 13.5 Å². The normalized spacial score (nSPS) is 12.0. The summed E-state index contributed by atoms with van der Waals surface area (Å²) in [5.74, 6) is 0. The number of aromatic nitrogens is 1. The van der Waals surface area contributed by atoms with Crippen molar-refractivity contribution in [3.8, 4) is 33.5 Å². The Bertz CT molecular complexity index is 1200. The lowest BCUT2D eigenvalue weighted by atomic mass is 9.87. The Kier molecular flexibility index (Phi) is 3.91. The van der Waals surface area contributed by atoms with Crippen molar-refractivity contribution in [3.63, 3.8) is 0 Å². The van der Waals surface area contributed by atoms with Crippen LogP contribution in [0.5, 0.6) is 0 Å². The summed E-state index contributed by atoms with van der Waals surface area (Å²) in [6.07, 6.45) is 3.18. The lowest BCUT2D eigenvalue weighted by Gasteiger charge is -2.16. The summed E-state index contributed by atoms with van der Waals surface area (Å²) in [5.41, 5.74) is 13.6. The molecule has 0 amide bonds. The van der Waals surface area contributed by atoms with E-state index in [0.717, 1.165) is 6.42 Å². The summed E-state index contributed by atoms with van der Waals surface area (Å²) in [7, 11) is 2.14. The van der Waals surface area contributed by atoms with Crippen LogP contribution in [0, 0.1) is 13.8 Å². The maximum atomic E-state index is 2.40. The molecule has 28 heavy (non-hydrogen) atoms. The molecule has 0 radical (unpaired) electrons. The molecule has 1 aliphatic rings. The fourth-order valence-corrected chi connectivity index (χ4v) is 4.53. The second-order valence-electron chi connectivity index (χ2n) is 7.85. The molecule has 0 N–H and O–H groups in total. The van der Waals surface area contributed by atoms with Gasteiger partial charge in [-0.15, -0.1) is 0 Å². The molecule has 1 aromatic heterocycles. The van der Waals surface area contributed by atoms with Crippen LogP contribution in [0.4, 0.5) is 0 Å². The fourth-order valence-electron chi connectivity index (χ4n) is 4.53. The van der Waals surface area contributed by atoms with E-state index in [-0.39, 0.29) is 0 Å². The second kappa shape index (κ2) is 6.45. The van der Waals surface area contributed by atoms with Crippen LogP contribution in [-0.4, -0.2) is 0 Å². The molecule has 1 heteroatoms. The summed E-state index contributed by atoms with van der Waals surface area (Å²) in [6, 6.07) is 26.5. The van der Waals surface area contributed by atoms with Crippen LogP contribution in [0.25, 0.3) is 33.5 Å². The number of aryl methyl sites for hydroxylation is 2. The summed E-state index contributed by atoms with van der Waals surface area (Å²) < 4.78 is 2.23. The van der Waals surface area contributed by atoms with E-state index < -0.39 is 0 Å². The zero-order valence-corrected chi connectivity index (χ0v) is 16.7. The molecule has 3 aromatic carbocycles. The Morgan fingerprint density at radius 3 is 2.32 bits per heavy atom. The van der Waals surface area contributed by atoms with Crippen LogP contribution in [0.2, 0.25) is 0 Å². The average Bonchev–Trinajstić information content (AvgIpc) is 3.11. The van der Waals surface area contributed by atoms with Crippen LogP contribution < -0.4 is 4.57 Å². The number of benzene rings is 3. The van der Waals surface area contributed by atoms with Crippen molar-refractivity contribution < 1.29 is 4.57 Å². The number of nitrogens with zero attached hydrogens (tertiary/aromatic N) is 1. The van der Waals surface area contributed by atoms with Crippen molar-refractivity contribution in [2.45, 2.75) is 20.3 Å². The Labute approximate surface area is 166 Å². The zero-order valence-electron chi connectivity index (χ0n) is 16.7. The van der Waals surface area contributed by atoms with Gasteiger partial charge in [-0.1, -0.05) is 54.6 Å². The summed E-state index contributed by atoms with van der Waals surface area (Å²) in [6.45, 7) is 4.46. The van der Waals surface area contributed by atoms with Gasteiger partial charge in [-0.3, -0.25) is 0 Å². The lowest BCUT2D eigenvalue weighted by Crippen LogP contribution is -2.30. The molecule has 0 saturated carbocycles. The summed E-state index contributed by atoms with van der Waals surface area (Å²) in [5, 5.41) is 0. The standard InChI is InChI=1S/C27H24N/c1-18-13-14-28(3)26(15-18)23-17-25(20-9-5-4-6-10-20)27-22-12-8-7-11-21(22)16-24(27)19(23)2/h4-15,17H,16H2,1-3H3/q+1. The highest BCUT2D eigenvalue weighted by atomic mass is 14.9. The topological polar surface area (TPSA) is 3.88 Å². The quantitative estimate of drug-likeness (QED) is 0.337. The lowest BCUT2D eigenvalue weighted by molar-refractivity contribution is -0.660. The Balaban J connectivity index is 1.86. The Hall–Kier alpha value is -3.19. The molecule has 0 bridgehead atoms. The first-order chi connectivity index (χ1) is 13.6. The van der Waals surface area contributed by atoms with E-state index in [1.807, 2.05) is 0 Å². The molecule has 4 aromatic rings. The minimum atomic E-state index is 1.01. The van der Waals surface area contributed by atoms with E-state index in [4.69, 9.17) is 0 Å². The van der Waals surface area contributed by atoms with Crippen molar-refractivity contribution in [2.75, 3.05) is 0 Å². The molecule has 0 atom stereocenters. The van der Waals surface area contributed by atoms with Gasteiger partial charge in [0.15, 0.2) is 6.20 Å². The van der Waals surface area contributed by atoms with Crippen molar-refractivity contribution in [2.24, 2.45) is 7.05 Å². The van der Waals surface area contributed by atoms with Gasteiger partial charge in [0.2, 0.25) is 5.69 Å². The molecule has 0 unspecified atom stereocenters. The maximum absolute atomic E-state index is 2.40. The van der Waals surface area contributed by atoms with Crippen LogP contribution >= 0.6 is 0 Å². The number of fused-ring (bicyclic) bond motifs is 3. The van der Waals surface area contributed by atoms with E-state index in [9.17, 15) is 0 Å². The summed E-state index contributed by atoms with van der Waals surface area (Å²) in [4.78, 5) is 0. The zero-order chi connectivity index (χ0) is 19.3. The van der Waals surface area contributed by atoms with Gasteiger partial charge in [0.1, 0.15) is 7.05 Å². The third kappa shape index (κ3) is 2.58. The first kappa shape index (κ1) is 16.9. The molecule has 136 valence electrons. The van der Waals surface area contributed by atoms with Gasteiger partial charge < -0.3 is 0 Å². The number of rotatable bonds is 2. The highest BCUT2D eigenvalue weighted by Crippen LogP contribution is 2.46. The van der Waals surface area contributed by atoms with E-state index >= 15 is 0 Å². The largest absolute Gasteiger partial charge is 0.212 e. The molecule has 5 rings (SSSR count). The number of hydrogen-bond donors (Lipinski definition) is 0. The third-order valence-corrected chi connectivity index (χ3v) is 6.04. The predicted molar refractivity (Wildman–Crippen MR) is 116 cm³/mol. The Morgan fingerprint density at radius 1 is 0.750 bits per heavy atom. The average molecular weight is 362 g/mol. The fraction of sp³-hybridized carbons (Fsp3) is 0.148. The van der Waals surface area contributed by atoms with Gasteiger partial charge in [-0.05, 0) is 70.8 Å². The summed E-state index contributed by atoms with van der Waals surface area (Å²) >= 11 is 0. The monoisotopic (exact) mass is 362 g/mol. The minimum absolute atomic E-state index is 1.01. The molecule has 0 spiro atoms. The van der Waals surface area contributed by atoms with Gasteiger partial charge >= 0.3 is 0 Å². The van der Waals surface area contributed by atoms with Gasteiger partial charge in [0.25, 0.3) is 0 Å². The van der Waals surface area contributed by atoms with Gasteiger partial charge in [-0.25, -0.2) is 4.57 Å². The molecule has 1 heterocycles. The molecular weight excluding hydrogens is 338 g/mol. The van der Waals surface area contributed by atoms with E-state index in [0.29, 0.717) is 0 Å². The van der Waals surface area contributed by atoms with E-state index in [1.54, 1.807) is 0 Å². The third-order valence-electron chi connectivity index (χ3n) is 6.04. The first-order valence-electron chi connectivity index (χ1n) is 9.90. The van der Waals surface area contributed by atoms with Gasteiger partial charge in [0.05, 0.1) is 0 Å². The predicted octanol–water partition coefficient (Wildman–Crippen LogP) is 6.03. The second-order valence-corrected chi connectivity index (χ2v) is 7.85. The molecule has 0 saturated heterocycles. The molecule has 0 fully saturated rings. The SMILES string of the molecule is Cc1cc[n+](C)c(-c2cc(-c3ccccc3)c3c(c2C)Cc2ccccc2-3)c1. The van der Waals surface area contributed by atoms with Gasteiger partial charge in [0, 0.05) is 17.7 Å². The smallest absolute Gasteiger partial charge is 0.201 e. The van der Waals surface area contributed by atoms with Gasteiger partial charge in [-0.2, -0.15) is 0 Å². The van der Waals surface area contributed by atoms with Crippen LogP contribution in [0.15, 0.2) is 79.0 Å². The van der Waals surface area contributed by atoms with Crippen LogP contribution in [0.3, 0.4) is 0 Å². The molecule has 1 nitrogen and oxygen atoms in total. The highest BCUT2D eigenvalue weighted by Gasteiger charge is 2.27. The van der Waals surface area contributed by atoms with E-state index in [2.05, 4.69) is 104 Å². The highest BCUT2D eigenvalue weighted by molar-refractivity contribution is 5.94.